The van der Waals surface area contributed by atoms with E-state index in [1.165, 1.54) is 0 Å². The van der Waals surface area contributed by atoms with Crippen LogP contribution in [0, 0.1) is 16.7 Å². The first-order valence-corrected chi connectivity index (χ1v) is 6.69. The van der Waals surface area contributed by atoms with Crippen LogP contribution in [0.5, 0.6) is 11.5 Å². The van der Waals surface area contributed by atoms with Gasteiger partial charge in [0, 0.05) is 5.88 Å². The van der Waals surface area contributed by atoms with Crippen molar-refractivity contribution >= 4 is 11.6 Å². The van der Waals surface area contributed by atoms with Gasteiger partial charge >= 0.3 is 0 Å². The lowest BCUT2D eigenvalue weighted by molar-refractivity contribution is -0.0444. The average Bonchev–Trinajstić information content (AvgIpc) is 2.85. The van der Waals surface area contributed by atoms with Gasteiger partial charge in [0.15, 0.2) is 11.5 Å². The zero-order valence-electron chi connectivity index (χ0n) is 10.4. The van der Waals surface area contributed by atoms with Gasteiger partial charge in [-0.25, -0.2) is 0 Å². The van der Waals surface area contributed by atoms with Crippen molar-refractivity contribution < 1.29 is 9.47 Å². The second-order valence-corrected chi connectivity index (χ2v) is 4.81. The van der Waals surface area contributed by atoms with Gasteiger partial charge in [0.1, 0.15) is 5.41 Å². The highest BCUT2D eigenvalue weighted by Gasteiger charge is 2.44. The number of fused-ring (bicyclic) bond motifs is 1. The van der Waals surface area contributed by atoms with E-state index in [-0.39, 0.29) is 0 Å². The smallest absolute Gasteiger partial charge is 0.259 e. The molecule has 18 heavy (non-hydrogen) atoms. The van der Waals surface area contributed by atoms with Crippen LogP contribution in [0.1, 0.15) is 26.2 Å². The van der Waals surface area contributed by atoms with E-state index in [4.69, 9.17) is 21.1 Å². The minimum Gasteiger partial charge on any atom is -0.449 e. The van der Waals surface area contributed by atoms with Crippen LogP contribution in [0.3, 0.4) is 0 Å². The zero-order valence-corrected chi connectivity index (χ0v) is 11.1. The zero-order chi connectivity index (χ0) is 13.0. The average molecular weight is 266 g/mol. The second-order valence-electron chi connectivity index (χ2n) is 4.43. The molecule has 1 aliphatic rings. The first kappa shape index (κ1) is 13.0. The number of rotatable bonds is 5. The van der Waals surface area contributed by atoms with E-state index in [0.29, 0.717) is 30.2 Å². The Labute approximate surface area is 112 Å². The van der Waals surface area contributed by atoms with E-state index in [1.807, 2.05) is 31.2 Å². The lowest BCUT2D eigenvalue weighted by atomic mass is 9.81. The Bertz CT molecular complexity index is 432. The van der Waals surface area contributed by atoms with Gasteiger partial charge in [-0.05, 0) is 31.4 Å². The summed E-state index contributed by atoms with van der Waals surface area (Å²) in [6.45, 7) is 1.98. The molecule has 0 radical (unpaired) electrons. The van der Waals surface area contributed by atoms with E-state index < -0.39 is 11.7 Å². The third-order valence-electron chi connectivity index (χ3n) is 3.38. The number of halogens is 1. The van der Waals surface area contributed by atoms with Crippen LogP contribution in [0.2, 0.25) is 0 Å². The van der Waals surface area contributed by atoms with E-state index in [0.717, 1.165) is 6.42 Å². The number of para-hydroxylation sites is 2. The molecule has 0 saturated heterocycles. The van der Waals surface area contributed by atoms with Crippen LogP contribution in [-0.4, -0.2) is 12.2 Å². The Hall–Kier alpha value is -1.40. The summed E-state index contributed by atoms with van der Waals surface area (Å²) in [5.74, 6) is 1.96. The molecule has 1 aromatic rings. The minimum absolute atomic E-state index is 0.534. The van der Waals surface area contributed by atoms with Crippen molar-refractivity contribution in [3.63, 3.8) is 0 Å². The van der Waals surface area contributed by atoms with Crippen LogP contribution in [0.25, 0.3) is 0 Å². The number of benzene rings is 1. The molecule has 1 aromatic carbocycles. The molecular formula is C14H16ClNO2. The molecule has 0 spiro atoms. The van der Waals surface area contributed by atoms with Crippen molar-refractivity contribution in [3.8, 4) is 17.6 Å². The lowest BCUT2D eigenvalue weighted by Crippen LogP contribution is -2.39. The molecule has 0 bridgehead atoms. The molecule has 0 N–H and O–H groups in total. The molecule has 0 aliphatic carbocycles. The lowest BCUT2D eigenvalue weighted by Gasteiger charge is -2.29. The van der Waals surface area contributed by atoms with Gasteiger partial charge in [0.25, 0.3) is 6.29 Å². The molecule has 4 heteroatoms. The molecule has 0 fully saturated rings. The molecule has 1 aliphatic heterocycles. The van der Waals surface area contributed by atoms with Crippen molar-refractivity contribution in [3.05, 3.63) is 24.3 Å². The van der Waals surface area contributed by atoms with Crippen LogP contribution >= 0.6 is 11.6 Å². The Morgan fingerprint density at radius 3 is 2.39 bits per heavy atom. The SMILES string of the molecule is CCC(C#N)(CCCCl)C1Oc2ccccc2O1. The summed E-state index contributed by atoms with van der Waals surface area (Å²) in [6.07, 6.45) is 1.61. The first-order valence-electron chi connectivity index (χ1n) is 6.15. The summed E-state index contributed by atoms with van der Waals surface area (Å²) in [5.41, 5.74) is -0.631. The van der Waals surface area contributed by atoms with E-state index in [1.54, 1.807) is 0 Å². The highest BCUT2D eigenvalue weighted by molar-refractivity contribution is 6.17. The summed E-state index contributed by atoms with van der Waals surface area (Å²) >= 11 is 5.73. The second kappa shape index (κ2) is 5.49. The maximum atomic E-state index is 9.49. The highest BCUT2D eigenvalue weighted by atomic mass is 35.5. The normalized spacial score (nSPS) is 17.2. The fourth-order valence-electron chi connectivity index (χ4n) is 2.16. The Kier molecular flexibility index (Phi) is 3.98. The molecule has 3 nitrogen and oxygen atoms in total. The molecule has 2 rings (SSSR count). The van der Waals surface area contributed by atoms with Crippen molar-refractivity contribution in [1.29, 1.82) is 5.26 Å². The van der Waals surface area contributed by atoms with Crippen LogP contribution in [0.15, 0.2) is 24.3 Å². The van der Waals surface area contributed by atoms with E-state index in [2.05, 4.69) is 6.07 Å². The number of ether oxygens (including phenoxy) is 2. The van der Waals surface area contributed by atoms with Crippen molar-refractivity contribution in [1.82, 2.24) is 0 Å². The van der Waals surface area contributed by atoms with Gasteiger partial charge in [0.05, 0.1) is 6.07 Å². The number of hydrogen-bond acceptors (Lipinski definition) is 3. The number of nitrogens with zero attached hydrogens (tertiary/aromatic N) is 1. The predicted octanol–water partition coefficient (Wildman–Crippen LogP) is 3.72. The van der Waals surface area contributed by atoms with Crippen LogP contribution in [-0.2, 0) is 0 Å². The molecule has 0 aromatic heterocycles. The van der Waals surface area contributed by atoms with Crippen molar-refractivity contribution in [2.75, 3.05) is 5.88 Å². The fraction of sp³-hybridized carbons (Fsp3) is 0.500. The summed E-state index contributed by atoms with van der Waals surface area (Å²) in [5, 5.41) is 9.49. The molecule has 0 saturated carbocycles. The van der Waals surface area contributed by atoms with Gasteiger partial charge in [-0.1, -0.05) is 19.1 Å². The van der Waals surface area contributed by atoms with Gasteiger partial charge in [-0.2, -0.15) is 5.26 Å². The summed E-state index contributed by atoms with van der Waals surface area (Å²) < 4.78 is 11.5. The van der Waals surface area contributed by atoms with E-state index in [9.17, 15) is 5.26 Å². The monoisotopic (exact) mass is 265 g/mol. The molecule has 1 atom stereocenters. The molecular weight excluding hydrogens is 250 g/mol. The third kappa shape index (κ3) is 2.26. The predicted molar refractivity (Wildman–Crippen MR) is 69.8 cm³/mol. The summed E-state index contributed by atoms with van der Waals surface area (Å²) in [7, 11) is 0. The minimum atomic E-state index is -0.631. The largest absolute Gasteiger partial charge is 0.449 e. The molecule has 96 valence electrons. The van der Waals surface area contributed by atoms with Crippen molar-refractivity contribution in [2.24, 2.45) is 5.41 Å². The topological polar surface area (TPSA) is 42.2 Å². The first-order chi connectivity index (χ1) is 8.75. The molecule has 0 amide bonds. The van der Waals surface area contributed by atoms with Crippen LogP contribution < -0.4 is 9.47 Å². The Balaban J connectivity index is 2.18. The quantitative estimate of drug-likeness (QED) is 0.762. The van der Waals surface area contributed by atoms with Gasteiger partial charge in [-0.15, -0.1) is 11.6 Å². The van der Waals surface area contributed by atoms with Gasteiger partial charge in [0.2, 0.25) is 0 Å². The number of alkyl halides is 1. The Morgan fingerprint density at radius 2 is 1.94 bits per heavy atom. The summed E-state index contributed by atoms with van der Waals surface area (Å²) in [4.78, 5) is 0. The molecule has 1 heterocycles. The Morgan fingerprint density at radius 1 is 1.33 bits per heavy atom. The highest BCUT2D eigenvalue weighted by Crippen LogP contribution is 2.43. The van der Waals surface area contributed by atoms with E-state index >= 15 is 0 Å². The van der Waals surface area contributed by atoms with Crippen LogP contribution in [0.4, 0.5) is 0 Å². The maximum Gasteiger partial charge on any atom is 0.259 e. The summed E-state index contributed by atoms with van der Waals surface area (Å²) in [6, 6.07) is 9.86. The standard InChI is InChI=1S/C14H16ClNO2/c1-2-14(10-16,8-5-9-15)13-17-11-6-3-4-7-12(11)18-13/h3-4,6-7,13H,2,5,8-9H2,1H3. The molecule has 1 unspecified atom stereocenters. The van der Waals surface area contributed by atoms with Gasteiger partial charge < -0.3 is 9.47 Å². The third-order valence-corrected chi connectivity index (χ3v) is 3.65. The van der Waals surface area contributed by atoms with Gasteiger partial charge in [-0.3, -0.25) is 0 Å². The maximum absolute atomic E-state index is 9.49. The fourth-order valence-corrected chi connectivity index (χ4v) is 2.29. The van der Waals surface area contributed by atoms with Crippen molar-refractivity contribution in [2.45, 2.75) is 32.5 Å². The number of hydrogen-bond donors (Lipinski definition) is 0. The number of nitriles is 1.